The van der Waals surface area contributed by atoms with Crippen LogP contribution >= 0.6 is 11.8 Å². The fraction of sp³-hybridized carbons (Fsp3) is 0.385. The van der Waals surface area contributed by atoms with Gasteiger partial charge in [0, 0.05) is 36.0 Å². The average Bonchev–Trinajstić information content (AvgIpc) is 3.42. The summed E-state index contributed by atoms with van der Waals surface area (Å²) in [6.07, 6.45) is -0.403. The number of likely N-dealkylation sites (tertiary alicyclic amines) is 1. The summed E-state index contributed by atoms with van der Waals surface area (Å²) in [5.74, 6) is 2.29. The molecule has 178 valence electrons. The van der Waals surface area contributed by atoms with Gasteiger partial charge in [0.05, 0.1) is 18.4 Å². The molecule has 4 nitrogen and oxygen atoms in total. The van der Waals surface area contributed by atoms with Gasteiger partial charge in [0.2, 0.25) is 0 Å². The molecular formula is C26H26F3N3OS. The number of piperidine rings is 1. The molecule has 2 fully saturated rings. The highest BCUT2D eigenvalue weighted by atomic mass is 32.2. The maximum absolute atomic E-state index is 12.9. The van der Waals surface area contributed by atoms with Gasteiger partial charge >= 0.3 is 6.18 Å². The number of benzene rings is 2. The smallest absolute Gasteiger partial charge is 0.416 e. The average molecular weight is 486 g/mol. The van der Waals surface area contributed by atoms with Gasteiger partial charge in [-0.15, -0.1) is 0 Å². The minimum Gasteiger partial charge on any atom is -0.497 e. The molecule has 0 unspecified atom stereocenters. The molecule has 1 saturated heterocycles. The van der Waals surface area contributed by atoms with E-state index in [1.54, 1.807) is 37.2 Å². The molecule has 5 rings (SSSR count). The zero-order valence-electron chi connectivity index (χ0n) is 18.9. The van der Waals surface area contributed by atoms with Crippen molar-refractivity contribution in [3.05, 3.63) is 71.9 Å². The van der Waals surface area contributed by atoms with E-state index in [1.807, 2.05) is 30.3 Å². The molecule has 2 heterocycles. The summed E-state index contributed by atoms with van der Waals surface area (Å²) in [7, 11) is 1.65. The maximum Gasteiger partial charge on any atom is 0.416 e. The topological polar surface area (TPSA) is 38.2 Å². The van der Waals surface area contributed by atoms with Crippen molar-refractivity contribution in [1.29, 1.82) is 0 Å². The maximum atomic E-state index is 12.9. The van der Waals surface area contributed by atoms with E-state index >= 15 is 0 Å². The summed E-state index contributed by atoms with van der Waals surface area (Å²) in [4.78, 5) is 11.5. The van der Waals surface area contributed by atoms with E-state index in [2.05, 4.69) is 14.9 Å². The normalized spacial score (nSPS) is 21.9. The van der Waals surface area contributed by atoms with Crippen LogP contribution in [-0.4, -0.2) is 47.4 Å². The van der Waals surface area contributed by atoms with Gasteiger partial charge in [0.1, 0.15) is 5.75 Å². The zero-order chi connectivity index (χ0) is 23.8. The first kappa shape index (κ1) is 23.2. The summed E-state index contributed by atoms with van der Waals surface area (Å²) < 4.78 is 43.8. The van der Waals surface area contributed by atoms with Crippen molar-refractivity contribution in [2.45, 2.75) is 29.6 Å². The van der Waals surface area contributed by atoms with Crippen molar-refractivity contribution < 1.29 is 17.9 Å². The van der Waals surface area contributed by atoms with Crippen LogP contribution in [0.1, 0.15) is 24.0 Å². The fourth-order valence-corrected chi connectivity index (χ4v) is 5.73. The fourth-order valence-electron chi connectivity index (χ4n) is 4.98. The summed E-state index contributed by atoms with van der Waals surface area (Å²) >= 11 is 1.65. The van der Waals surface area contributed by atoms with E-state index in [9.17, 15) is 13.2 Å². The van der Waals surface area contributed by atoms with Crippen molar-refractivity contribution >= 4 is 11.8 Å². The first-order valence-electron chi connectivity index (χ1n) is 11.4. The summed E-state index contributed by atoms with van der Waals surface area (Å²) in [6, 6.07) is 15.5. The molecular weight excluding hydrogens is 459 g/mol. The number of rotatable bonds is 8. The summed E-state index contributed by atoms with van der Waals surface area (Å²) in [5.41, 5.74) is 2.43. The third kappa shape index (κ3) is 4.79. The van der Waals surface area contributed by atoms with Gasteiger partial charge in [-0.2, -0.15) is 13.2 Å². The Morgan fingerprint density at radius 3 is 2.56 bits per heavy atom. The quantitative estimate of drug-likeness (QED) is 0.225. The van der Waals surface area contributed by atoms with Crippen LogP contribution in [0, 0.1) is 5.92 Å². The van der Waals surface area contributed by atoms with Crippen LogP contribution in [0.5, 0.6) is 5.75 Å². The van der Waals surface area contributed by atoms with Crippen LogP contribution in [0.15, 0.2) is 66.0 Å². The Labute approximate surface area is 201 Å². The molecule has 0 N–H and O–H groups in total. The highest BCUT2D eigenvalue weighted by molar-refractivity contribution is 7.99. The standard InChI is InChI=1S/C26H26F3N3OS/c1-33-22-9-3-18(4-10-22)23-11-12-30-24(31-23)34-14-2-13-32-16-21-15-25(21,17-32)19-5-7-20(8-6-19)26(27,28)29/h3-12,21H,2,13-17H2,1H3/t21-,25+/m0/s1. The first-order chi connectivity index (χ1) is 16.4. The number of methoxy groups -OCH3 is 1. The lowest BCUT2D eigenvalue weighted by Crippen LogP contribution is -2.28. The molecule has 1 saturated carbocycles. The highest BCUT2D eigenvalue weighted by Crippen LogP contribution is 2.59. The van der Waals surface area contributed by atoms with Gasteiger partial charge in [-0.3, -0.25) is 0 Å². The van der Waals surface area contributed by atoms with E-state index in [1.165, 1.54) is 12.1 Å². The third-order valence-electron chi connectivity index (χ3n) is 6.87. The lowest BCUT2D eigenvalue weighted by atomic mass is 9.94. The lowest BCUT2D eigenvalue weighted by Gasteiger charge is -2.21. The third-order valence-corrected chi connectivity index (χ3v) is 7.82. The number of ether oxygens (including phenoxy) is 1. The van der Waals surface area contributed by atoms with Crippen LogP contribution in [0.4, 0.5) is 13.2 Å². The molecule has 0 bridgehead atoms. The number of hydrogen-bond donors (Lipinski definition) is 0. The molecule has 0 amide bonds. The molecule has 2 aromatic carbocycles. The van der Waals surface area contributed by atoms with Gasteiger partial charge in [0.15, 0.2) is 5.16 Å². The molecule has 1 aliphatic carbocycles. The van der Waals surface area contributed by atoms with Crippen molar-refractivity contribution in [1.82, 2.24) is 14.9 Å². The molecule has 1 aliphatic heterocycles. The van der Waals surface area contributed by atoms with Crippen molar-refractivity contribution in [2.24, 2.45) is 5.92 Å². The first-order valence-corrected chi connectivity index (χ1v) is 12.4. The molecule has 8 heteroatoms. The van der Waals surface area contributed by atoms with Crippen molar-refractivity contribution in [2.75, 3.05) is 32.5 Å². The molecule has 3 aromatic rings. The number of hydrogen-bond acceptors (Lipinski definition) is 5. The van der Waals surface area contributed by atoms with E-state index in [-0.39, 0.29) is 5.41 Å². The number of thioether (sulfide) groups is 1. The van der Waals surface area contributed by atoms with Gasteiger partial charge in [-0.1, -0.05) is 23.9 Å². The van der Waals surface area contributed by atoms with E-state index in [0.29, 0.717) is 5.92 Å². The van der Waals surface area contributed by atoms with Crippen LogP contribution in [-0.2, 0) is 11.6 Å². The highest BCUT2D eigenvalue weighted by Gasteiger charge is 2.60. The zero-order valence-corrected chi connectivity index (χ0v) is 19.7. The van der Waals surface area contributed by atoms with E-state index < -0.39 is 11.7 Å². The molecule has 2 aliphatic rings. The number of fused-ring (bicyclic) bond motifs is 1. The lowest BCUT2D eigenvalue weighted by molar-refractivity contribution is -0.137. The Kier molecular flexibility index (Phi) is 6.29. The Morgan fingerprint density at radius 1 is 1.09 bits per heavy atom. The molecule has 0 radical (unpaired) electrons. The second-order valence-electron chi connectivity index (χ2n) is 9.02. The van der Waals surface area contributed by atoms with Crippen LogP contribution in [0.2, 0.25) is 0 Å². The van der Waals surface area contributed by atoms with Crippen LogP contribution in [0.3, 0.4) is 0 Å². The minimum atomic E-state index is -4.28. The summed E-state index contributed by atoms with van der Waals surface area (Å²) in [6.45, 7) is 2.93. The molecule has 34 heavy (non-hydrogen) atoms. The number of aromatic nitrogens is 2. The predicted molar refractivity (Wildman–Crippen MR) is 127 cm³/mol. The number of nitrogens with zero attached hydrogens (tertiary/aromatic N) is 3. The Bertz CT molecular complexity index is 1140. The van der Waals surface area contributed by atoms with Gasteiger partial charge in [0.25, 0.3) is 0 Å². The second kappa shape index (κ2) is 9.23. The second-order valence-corrected chi connectivity index (χ2v) is 10.1. The largest absolute Gasteiger partial charge is 0.497 e. The van der Waals surface area contributed by atoms with E-state index in [0.717, 1.165) is 66.0 Å². The molecule has 0 spiro atoms. The van der Waals surface area contributed by atoms with Gasteiger partial charge in [-0.05, 0) is 73.3 Å². The van der Waals surface area contributed by atoms with Gasteiger partial charge < -0.3 is 9.64 Å². The molecule has 2 atom stereocenters. The summed E-state index contributed by atoms with van der Waals surface area (Å²) in [5, 5.41) is 0.763. The number of halogens is 3. The molecule has 1 aromatic heterocycles. The Morgan fingerprint density at radius 2 is 1.85 bits per heavy atom. The van der Waals surface area contributed by atoms with Crippen LogP contribution in [0.25, 0.3) is 11.3 Å². The van der Waals surface area contributed by atoms with E-state index in [4.69, 9.17) is 4.74 Å². The minimum absolute atomic E-state index is 0.0487. The SMILES string of the molecule is COc1ccc(-c2ccnc(SCCCN3C[C@@H]4C[C@]4(c4ccc(C(F)(F)F)cc4)C3)n2)cc1. The Hall–Kier alpha value is -2.58. The predicted octanol–water partition coefficient (Wildman–Crippen LogP) is 5.93. The Balaban J connectivity index is 1.11. The number of alkyl halides is 3. The van der Waals surface area contributed by atoms with Gasteiger partial charge in [-0.25, -0.2) is 9.97 Å². The van der Waals surface area contributed by atoms with Crippen molar-refractivity contribution in [3.63, 3.8) is 0 Å². The van der Waals surface area contributed by atoms with Crippen LogP contribution < -0.4 is 4.74 Å². The van der Waals surface area contributed by atoms with Crippen molar-refractivity contribution in [3.8, 4) is 17.0 Å². The monoisotopic (exact) mass is 485 g/mol.